The van der Waals surface area contributed by atoms with Gasteiger partial charge < -0.3 is 9.97 Å². The lowest BCUT2D eigenvalue weighted by molar-refractivity contribution is 0.661. The highest BCUT2D eigenvalue weighted by atomic mass is 127. The van der Waals surface area contributed by atoms with E-state index in [0.717, 1.165) is 12.2 Å². The molecule has 0 saturated carbocycles. The third kappa shape index (κ3) is 8.27. The van der Waals surface area contributed by atoms with Gasteiger partial charge in [0.1, 0.15) is 5.82 Å². The van der Waals surface area contributed by atoms with Crippen molar-refractivity contribution in [2.45, 2.75) is 46.0 Å². The van der Waals surface area contributed by atoms with Gasteiger partial charge in [-0.3, -0.25) is 0 Å². The molecule has 2 N–H and O–H groups in total. The third-order valence-corrected chi connectivity index (χ3v) is 2.46. The predicted molar refractivity (Wildman–Crippen MR) is 85.2 cm³/mol. The Labute approximate surface area is 126 Å². The van der Waals surface area contributed by atoms with E-state index in [1.807, 2.05) is 13.1 Å². The minimum Gasteiger partial charge on any atom is -0.351 e. The van der Waals surface area contributed by atoms with Crippen molar-refractivity contribution in [2.75, 3.05) is 0 Å². The fourth-order valence-corrected chi connectivity index (χ4v) is 1.56. The SMILES string of the molecule is CCCCCCc1cnc(C)[nH]1.I.c1c[nH]cn1. The number of rotatable bonds is 5. The molecule has 0 spiro atoms. The van der Waals surface area contributed by atoms with Crippen LogP contribution < -0.4 is 0 Å². The van der Waals surface area contributed by atoms with Gasteiger partial charge >= 0.3 is 0 Å². The molecular formula is C13H23IN4. The topological polar surface area (TPSA) is 57.4 Å². The van der Waals surface area contributed by atoms with Gasteiger partial charge in [0.2, 0.25) is 0 Å². The van der Waals surface area contributed by atoms with Crippen LogP contribution in [0.3, 0.4) is 0 Å². The number of nitrogens with zero attached hydrogens (tertiary/aromatic N) is 2. The minimum absolute atomic E-state index is 0. The van der Waals surface area contributed by atoms with E-state index in [1.54, 1.807) is 18.7 Å². The Kier molecular flexibility index (Phi) is 10.7. The summed E-state index contributed by atoms with van der Waals surface area (Å²) >= 11 is 0. The minimum atomic E-state index is 0. The van der Waals surface area contributed by atoms with E-state index in [9.17, 15) is 0 Å². The first kappa shape index (κ1) is 17.2. The molecular weight excluding hydrogens is 339 g/mol. The zero-order chi connectivity index (χ0) is 12.3. The third-order valence-electron chi connectivity index (χ3n) is 2.46. The predicted octanol–water partition coefficient (Wildman–Crippen LogP) is 3.87. The summed E-state index contributed by atoms with van der Waals surface area (Å²) in [6.07, 6.45) is 13.5. The quantitative estimate of drug-likeness (QED) is 0.627. The van der Waals surface area contributed by atoms with Gasteiger partial charge in [-0.25, -0.2) is 9.97 Å². The summed E-state index contributed by atoms with van der Waals surface area (Å²) in [5.41, 5.74) is 1.28. The van der Waals surface area contributed by atoms with Crippen LogP contribution in [-0.4, -0.2) is 19.9 Å². The highest BCUT2D eigenvalue weighted by Crippen LogP contribution is 2.05. The number of hydrogen-bond donors (Lipinski definition) is 2. The van der Waals surface area contributed by atoms with Crippen LogP contribution in [0.2, 0.25) is 0 Å². The molecule has 0 bridgehead atoms. The molecule has 102 valence electrons. The van der Waals surface area contributed by atoms with Gasteiger partial charge in [0.25, 0.3) is 0 Å². The maximum atomic E-state index is 4.16. The van der Waals surface area contributed by atoms with Gasteiger partial charge in [0, 0.05) is 24.3 Å². The summed E-state index contributed by atoms with van der Waals surface area (Å²) in [7, 11) is 0. The summed E-state index contributed by atoms with van der Waals surface area (Å²) in [5.74, 6) is 1.03. The van der Waals surface area contributed by atoms with Crippen LogP contribution in [0, 0.1) is 6.92 Å². The molecule has 4 nitrogen and oxygen atoms in total. The van der Waals surface area contributed by atoms with E-state index >= 15 is 0 Å². The van der Waals surface area contributed by atoms with Gasteiger partial charge in [-0.15, -0.1) is 24.0 Å². The highest BCUT2D eigenvalue weighted by molar-refractivity contribution is 14.0. The van der Waals surface area contributed by atoms with Crippen LogP contribution in [0.1, 0.15) is 44.1 Å². The summed E-state index contributed by atoms with van der Waals surface area (Å²) in [6.45, 7) is 4.23. The summed E-state index contributed by atoms with van der Waals surface area (Å²) in [5, 5.41) is 0. The number of nitrogens with one attached hydrogen (secondary N) is 2. The lowest BCUT2D eigenvalue weighted by atomic mass is 10.1. The number of aromatic nitrogens is 4. The second-order valence-corrected chi connectivity index (χ2v) is 4.07. The second kappa shape index (κ2) is 11.3. The molecule has 0 aliphatic carbocycles. The Morgan fingerprint density at radius 2 is 2.06 bits per heavy atom. The Balaban J connectivity index is 0.000000405. The second-order valence-electron chi connectivity index (χ2n) is 4.07. The van der Waals surface area contributed by atoms with E-state index in [0.29, 0.717) is 0 Å². The van der Waals surface area contributed by atoms with Crippen LogP contribution >= 0.6 is 24.0 Å². The molecule has 0 unspecified atom stereocenters. The molecule has 0 aliphatic rings. The number of halogens is 1. The molecule has 0 amide bonds. The monoisotopic (exact) mass is 362 g/mol. The summed E-state index contributed by atoms with van der Waals surface area (Å²) in [4.78, 5) is 13.8. The van der Waals surface area contributed by atoms with Gasteiger partial charge in [-0.2, -0.15) is 0 Å². The van der Waals surface area contributed by atoms with Crippen molar-refractivity contribution in [1.82, 2.24) is 19.9 Å². The molecule has 5 heteroatoms. The van der Waals surface area contributed by atoms with Crippen LogP contribution in [0.5, 0.6) is 0 Å². The molecule has 0 fully saturated rings. The lowest BCUT2D eigenvalue weighted by Gasteiger charge is -1.96. The molecule has 0 radical (unpaired) electrons. The zero-order valence-corrected chi connectivity index (χ0v) is 13.5. The Hall–Kier alpha value is -0.850. The van der Waals surface area contributed by atoms with Crippen LogP contribution in [-0.2, 0) is 6.42 Å². The van der Waals surface area contributed by atoms with Crippen LogP contribution in [0.15, 0.2) is 24.9 Å². The number of aromatic amines is 2. The van der Waals surface area contributed by atoms with Gasteiger partial charge in [-0.05, 0) is 19.8 Å². The first-order chi connectivity index (χ1) is 8.33. The van der Waals surface area contributed by atoms with E-state index in [1.165, 1.54) is 31.4 Å². The molecule has 0 saturated heterocycles. The molecule has 2 heterocycles. The average molecular weight is 362 g/mol. The average Bonchev–Trinajstić information content (AvgIpc) is 2.99. The van der Waals surface area contributed by atoms with Crippen molar-refractivity contribution in [3.63, 3.8) is 0 Å². The van der Waals surface area contributed by atoms with Gasteiger partial charge in [0.15, 0.2) is 0 Å². The standard InChI is InChI=1S/C10H18N2.C3H4N2.HI/c1-3-4-5-6-7-10-8-11-9(2)12-10;1-2-5-3-4-1;/h8H,3-7H2,1-2H3,(H,11,12);1-3H,(H,4,5);1H. The Morgan fingerprint density at radius 1 is 1.22 bits per heavy atom. The van der Waals surface area contributed by atoms with Gasteiger partial charge in [-0.1, -0.05) is 26.2 Å². The van der Waals surface area contributed by atoms with Crippen molar-refractivity contribution in [1.29, 1.82) is 0 Å². The molecule has 0 aromatic carbocycles. The summed E-state index contributed by atoms with van der Waals surface area (Å²) < 4.78 is 0. The molecule has 18 heavy (non-hydrogen) atoms. The number of imidazole rings is 2. The number of aryl methyl sites for hydroxylation is 2. The number of H-pyrrole nitrogens is 2. The maximum absolute atomic E-state index is 4.16. The van der Waals surface area contributed by atoms with E-state index in [4.69, 9.17) is 0 Å². The molecule has 2 aromatic heterocycles. The smallest absolute Gasteiger partial charge is 0.103 e. The van der Waals surface area contributed by atoms with E-state index in [-0.39, 0.29) is 24.0 Å². The Bertz CT molecular complexity index is 353. The Morgan fingerprint density at radius 3 is 2.50 bits per heavy atom. The molecule has 2 rings (SSSR count). The van der Waals surface area contributed by atoms with Crippen molar-refractivity contribution in [3.05, 3.63) is 36.4 Å². The molecule has 0 atom stereocenters. The molecule has 2 aromatic rings. The van der Waals surface area contributed by atoms with Gasteiger partial charge in [0.05, 0.1) is 6.33 Å². The van der Waals surface area contributed by atoms with E-state index < -0.39 is 0 Å². The first-order valence-corrected chi connectivity index (χ1v) is 6.26. The largest absolute Gasteiger partial charge is 0.351 e. The number of unbranched alkanes of at least 4 members (excludes halogenated alkanes) is 3. The van der Waals surface area contributed by atoms with Crippen molar-refractivity contribution in [3.8, 4) is 0 Å². The van der Waals surface area contributed by atoms with Crippen molar-refractivity contribution in [2.24, 2.45) is 0 Å². The normalized spacial score (nSPS) is 9.22. The molecule has 0 aliphatic heterocycles. The maximum Gasteiger partial charge on any atom is 0.103 e. The van der Waals surface area contributed by atoms with Crippen molar-refractivity contribution < 1.29 is 0 Å². The first-order valence-electron chi connectivity index (χ1n) is 6.26. The van der Waals surface area contributed by atoms with Crippen LogP contribution in [0.25, 0.3) is 0 Å². The van der Waals surface area contributed by atoms with E-state index in [2.05, 4.69) is 26.9 Å². The van der Waals surface area contributed by atoms with Crippen LogP contribution in [0.4, 0.5) is 0 Å². The zero-order valence-electron chi connectivity index (χ0n) is 11.1. The highest BCUT2D eigenvalue weighted by Gasteiger charge is 1.95. The lowest BCUT2D eigenvalue weighted by Crippen LogP contribution is -1.85. The number of hydrogen-bond acceptors (Lipinski definition) is 2. The fraction of sp³-hybridized carbons (Fsp3) is 0.538. The van der Waals surface area contributed by atoms with Crippen molar-refractivity contribution >= 4 is 24.0 Å². The summed E-state index contributed by atoms with van der Waals surface area (Å²) in [6, 6.07) is 0. The fourth-order valence-electron chi connectivity index (χ4n) is 1.56.